The molecule has 2 amide bonds. The average molecular weight is 236 g/mol. The van der Waals surface area contributed by atoms with Crippen molar-refractivity contribution in [3.8, 4) is 0 Å². The summed E-state index contributed by atoms with van der Waals surface area (Å²) in [6, 6.07) is 6.37. The maximum Gasteiger partial charge on any atom is 0.316 e. The SMILES string of the molecule is CC(C)(CC(=O)O)c1cccc(NC(N)=O)c1. The van der Waals surface area contributed by atoms with Crippen molar-refractivity contribution in [1.82, 2.24) is 0 Å². The highest BCUT2D eigenvalue weighted by atomic mass is 16.4. The van der Waals surface area contributed by atoms with Crippen LogP contribution in [-0.4, -0.2) is 17.1 Å². The van der Waals surface area contributed by atoms with Crippen molar-refractivity contribution in [2.75, 3.05) is 5.32 Å². The van der Waals surface area contributed by atoms with E-state index in [9.17, 15) is 9.59 Å². The zero-order valence-corrected chi connectivity index (χ0v) is 9.86. The summed E-state index contributed by atoms with van der Waals surface area (Å²) in [6.45, 7) is 3.68. The van der Waals surface area contributed by atoms with Gasteiger partial charge in [0.05, 0.1) is 6.42 Å². The fourth-order valence-electron chi connectivity index (χ4n) is 1.64. The van der Waals surface area contributed by atoms with E-state index in [2.05, 4.69) is 5.32 Å². The molecule has 0 saturated carbocycles. The van der Waals surface area contributed by atoms with Gasteiger partial charge in [0.1, 0.15) is 0 Å². The Labute approximate surface area is 99.6 Å². The lowest BCUT2D eigenvalue weighted by Crippen LogP contribution is -2.23. The first-order valence-corrected chi connectivity index (χ1v) is 5.20. The second-order valence-electron chi connectivity index (χ2n) is 4.52. The molecule has 4 N–H and O–H groups in total. The van der Waals surface area contributed by atoms with Crippen molar-refractivity contribution in [2.24, 2.45) is 5.73 Å². The van der Waals surface area contributed by atoms with E-state index in [0.717, 1.165) is 5.56 Å². The summed E-state index contributed by atoms with van der Waals surface area (Å²) in [5.41, 5.74) is 5.92. The van der Waals surface area contributed by atoms with E-state index in [1.54, 1.807) is 18.2 Å². The van der Waals surface area contributed by atoms with Crippen LogP contribution < -0.4 is 11.1 Å². The number of aliphatic carboxylic acids is 1. The number of nitrogens with two attached hydrogens (primary N) is 1. The van der Waals surface area contributed by atoms with Gasteiger partial charge in [-0.1, -0.05) is 26.0 Å². The van der Waals surface area contributed by atoms with Crippen LogP contribution in [0.15, 0.2) is 24.3 Å². The Kier molecular flexibility index (Phi) is 3.73. The monoisotopic (exact) mass is 236 g/mol. The van der Waals surface area contributed by atoms with Gasteiger partial charge in [0.25, 0.3) is 0 Å². The molecule has 0 spiro atoms. The topological polar surface area (TPSA) is 92.4 Å². The molecule has 0 atom stereocenters. The summed E-state index contributed by atoms with van der Waals surface area (Å²) in [5, 5.41) is 11.3. The van der Waals surface area contributed by atoms with Crippen molar-refractivity contribution < 1.29 is 14.7 Å². The van der Waals surface area contributed by atoms with Gasteiger partial charge in [-0.05, 0) is 17.7 Å². The number of anilines is 1. The third-order valence-corrected chi connectivity index (χ3v) is 2.50. The number of hydrogen-bond donors (Lipinski definition) is 3. The lowest BCUT2D eigenvalue weighted by molar-refractivity contribution is -0.138. The summed E-state index contributed by atoms with van der Waals surface area (Å²) in [6.07, 6.45) is 0.0209. The minimum atomic E-state index is -0.858. The normalized spacial score (nSPS) is 10.9. The molecule has 0 aliphatic rings. The molecule has 0 radical (unpaired) electrons. The summed E-state index contributed by atoms with van der Waals surface area (Å²) < 4.78 is 0. The molecule has 92 valence electrons. The Hall–Kier alpha value is -2.04. The lowest BCUT2D eigenvalue weighted by atomic mass is 9.81. The van der Waals surface area contributed by atoms with Gasteiger partial charge in [-0.15, -0.1) is 0 Å². The predicted molar refractivity (Wildman–Crippen MR) is 64.9 cm³/mol. The van der Waals surface area contributed by atoms with Crippen LogP contribution in [0.4, 0.5) is 10.5 Å². The standard InChI is InChI=1S/C12H16N2O3/c1-12(2,7-10(15)16)8-4-3-5-9(6-8)14-11(13)17/h3-6H,7H2,1-2H3,(H,15,16)(H3,13,14,17). The number of carboxylic acids is 1. The number of hydrogen-bond acceptors (Lipinski definition) is 2. The largest absolute Gasteiger partial charge is 0.481 e. The Bertz CT molecular complexity index is 441. The predicted octanol–water partition coefficient (Wildman–Crippen LogP) is 1.93. The van der Waals surface area contributed by atoms with Crippen LogP contribution in [0.2, 0.25) is 0 Å². The van der Waals surface area contributed by atoms with Crippen LogP contribution in [0.25, 0.3) is 0 Å². The molecule has 0 saturated heterocycles. The van der Waals surface area contributed by atoms with Crippen molar-refractivity contribution in [3.05, 3.63) is 29.8 Å². The van der Waals surface area contributed by atoms with Gasteiger partial charge in [-0.2, -0.15) is 0 Å². The van der Waals surface area contributed by atoms with E-state index in [1.165, 1.54) is 0 Å². The van der Waals surface area contributed by atoms with Crippen molar-refractivity contribution in [3.63, 3.8) is 0 Å². The highest BCUT2D eigenvalue weighted by Gasteiger charge is 2.24. The van der Waals surface area contributed by atoms with E-state index in [1.807, 2.05) is 19.9 Å². The Balaban J connectivity index is 2.97. The fourth-order valence-corrected chi connectivity index (χ4v) is 1.64. The molecule has 0 bridgehead atoms. The summed E-state index contributed by atoms with van der Waals surface area (Å²) >= 11 is 0. The first-order valence-electron chi connectivity index (χ1n) is 5.20. The van der Waals surface area contributed by atoms with E-state index < -0.39 is 17.4 Å². The number of rotatable bonds is 4. The van der Waals surface area contributed by atoms with Gasteiger partial charge >= 0.3 is 12.0 Å². The molecule has 0 aromatic heterocycles. The number of benzene rings is 1. The van der Waals surface area contributed by atoms with Crippen molar-refractivity contribution in [2.45, 2.75) is 25.7 Å². The van der Waals surface area contributed by atoms with Crippen LogP contribution >= 0.6 is 0 Å². The van der Waals surface area contributed by atoms with Gasteiger partial charge in [0.2, 0.25) is 0 Å². The summed E-state index contributed by atoms with van der Waals surface area (Å²) in [7, 11) is 0. The molecule has 5 nitrogen and oxygen atoms in total. The first-order chi connectivity index (χ1) is 7.81. The minimum Gasteiger partial charge on any atom is -0.481 e. The van der Waals surface area contributed by atoms with Gasteiger partial charge in [0.15, 0.2) is 0 Å². The number of urea groups is 1. The van der Waals surface area contributed by atoms with Crippen LogP contribution in [0.1, 0.15) is 25.8 Å². The highest BCUT2D eigenvalue weighted by Crippen LogP contribution is 2.28. The highest BCUT2D eigenvalue weighted by molar-refractivity contribution is 5.87. The van der Waals surface area contributed by atoms with E-state index >= 15 is 0 Å². The third-order valence-electron chi connectivity index (χ3n) is 2.50. The molecule has 1 rings (SSSR count). The quantitative estimate of drug-likeness (QED) is 0.745. The maximum absolute atomic E-state index is 10.8. The number of carboxylic acid groups (broad SMARTS) is 1. The number of amides is 2. The summed E-state index contributed by atoms with van der Waals surface area (Å²) in [5.74, 6) is -0.858. The number of carbonyl (C=O) groups is 2. The Morgan fingerprint density at radius 2 is 2.06 bits per heavy atom. The molecule has 0 heterocycles. The van der Waals surface area contributed by atoms with Gasteiger partial charge < -0.3 is 16.2 Å². The molecule has 0 aliphatic heterocycles. The summed E-state index contributed by atoms with van der Waals surface area (Å²) in [4.78, 5) is 21.5. The Morgan fingerprint density at radius 3 is 2.59 bits per heavy atom. The van der Waals surface area contributed by atoms with Crippen molar-refractivity contribution in [1.29, 1.82) is 0 Å². The second kappa shape index (κ2) is 4.86. The van der Waals surface area contributed by atoms with Crippen LogP contribution in [0.5, 0.6) is 0 Å². The molecular weight excluding hydrogens is 220 g/mol. The number of primary amides is 1. The van der Waals surface area contributed by atoms with Crippen molar-refractivity contribution >= 4 is 17.7 Å². The average Bonchev–Trinajstić information content (AvgIpc) is 2.15. The zero-order valence-electron chi connectivity index (χ0n) is 9.86. The number of carbonyl (C=O) groups excluding carboxylic acids is 1. The smallest absolute Gasteiger partial charge is 0.316 e. The van der Waals surface area contributed by atoms with Crippen LogP contribution in [0.3, 0.4) is 0 Å². The molecule has 0 fully saturated rings. The number of nitrogens with one attached hydrogen (secondary N) is 1. The molecule has 0 unspecified atom stereocenters. The van der Waals surface area contributed by atoms with E-state index in [4.69, 9.17) is 10.8 Å². The van der Waals surface area contributed by atoms with E-state index in [-0.39, 0.29) is 6.42 Å². The van der Waals surface area contributed by atoms with Gasteiger partial charge in [0, 0.05) is 11.1 Å². The molecule has 1 aromatic carbocycles. The minimum absolute atomic E-state index is 0.0209. The lowest BCUT2D eigenvalue weighted by Gasteiger charge is -2.23. The molecule has 0 aliphatic carbocycles. The fraction of sp³-hybridized carbons (Fsp3) is 0.333. The molecular formula is C12H16N2O3. The second-order valence-corrected chi connectivity index (χ2v) is 4.52. The zero-order chi connectivity index (χ0) is 13.1. The van der Waals surface area contributed by atoms with Crippen LogP contribution in [-0.2, 0) is 10.2 Å². The third kappa shape index (κ3) is 3.79. The first kappa shape index (κ1) is 13.0. The van der Waals surface area contributed by atoms with E-state index in [0.29, 0.717) is 5.69 Å². The molecule has 5 heteroatoms. The van der Waals surface area contributed by atoms with Crippen LogP contribution in [0, 0.1) is 0 Å². The molecule has 17 heavy (non-hydrogen) atoms. The molecule has 1 aromatic rings. The Morgan fingerprint density at radius 1 is 1.41 bits per heavy atom. The maximum atomic E-state index is 10.8. The van der Waals surface area contributed by atoms with Gasteiger partial charge in [-0.25, -0.2) is 4.79 Å². The van der Waals surface area contributed by atoms with Gasteiger partial charge in [-0.3, -0.25) is 4.79 Å².